The maximum atomic E-state index is 13.5. The van der Waals surface area contributed by atoms with Crippen LogP contribution in [0.5, 0.6) is 0 Å². The van der Waals surface area contributed by atoms with Gasteiger partial charge in [-0.2, -0.15) is 4.39 Å². The van der Waals surface area contributed by atoms with Crippen molar-refractivity contribution in [3.63, 3.8) is 0 Å². The number of hydrogen-bond acceptors (Lipinski definition) is 6. The molecule has 3 aromatic rings. The van der Waals surface area contributed by atoms with Gasteiger partial charge in [-0.3, -0.25) is 19.6 Å². The lowest BCUT2D eigenvalue weighted by molar-refractivity contribution is 0.0740. The van der Waals surface area contributed by atoms with Crippen LogP contribution in [0, 0.1) is 12.7 Å². The third-order valence-electron chi connectivity index (χ3n) is 4.55. The standard InChI is InChI=1S/C18H17FN6O2/c1-11-15(19)16(26)23-18(21-11)25-8-6-24(7-9-25)17(27)14-10-20-12-4-2-3-5-13(12)22-14/h2-5,10H,6-9H2,1H3,(H,21,23,26). The Morgan fingerprint density at radius 3 is 2.52 bits per heavy atom. The number of amides is 1. The van der Waals surface area contributed by atoms with Crippen LogP contribution in [0.3, 0.4) is 0 Å². The van der Waals surface area contributed by atoms with Crippen molar-refractivity contribution in [2.24, 2.45) is 0 Å². The largest absolute Gasteiger partial charge is 0.339 e. The van der Waals surface area contributed by atoms with Crippen LogP contribution in [0.1, 0.15) is 16.2 Å². The first kappa shape index (κ1) is 17.1. The highest BCUT2D eigenvalue weighted by molar-refractivity contribution is 5.94. The minimum absolute atomic E-state index is 0.0543. The normalized spacial score (nSPS) is 14.6. The molecule has 0 saturated carbocycles. The summed E-state index contributed by atoms with van der Waals surface area (Å²) in [4.78, 5) is 43.0. The summed E-state index contributed by atoms with van der Waals surface area (Å²) in [5.74, 6) is -0.747. The van der Waals surface area contributed by atoms with E-state index in [0.29, 0.717) is 43.3 Å². The predicted octanol–water partition coefficient (Wildman–Crippen LogP) is 1.12. The number of aromatic amines is 1. The predicted molar refractivity (Wildman–Crippen MR) is 97.2 cm³/mol. The van der Waals surface area contributed by atoms with Gasteiger partial charge in [0.15, 0.2) is 0 Å². The lowest BCUT2D eigenvalue weighted by Gasteiger charge is -2.34. The topological polar surface area (TPSA) is 95.1 Å². The zero-order valence-corrected chi connectivity index (χ0v) is 14.6. The number of carbonyl (C=O) groups is 1. The third kappa shape index (κ3) is 3.23. The van der Waals surface area contributed by atoms with Crippen LogP contribution < -0.4 is 10.5 Å². The average Bonchev–Trinajstić information content (AvgIpc) is 2.71. The smallest absolute Gasteiger partial charge is 0.288 e. The molecule has 9 heteroatoms. The van der Waals surface area contributed by atoms with Crippen molar-refractivity contribution in [1.29, 1.82) is 0 Å². The molecule has 0 radical (unpaired) electrons. The molecule has 27 heavy (non-hydrogen) atoms. The number of H-pyrrole nitrogens is 1. The third-order valence-corrected chi connectivity index (χ3v) is 4.55. The summed E-state index contributed by atoms with van der Waals surface area (Å²) < 4.78 is 13.5. The Hall–Kier alpha value is -3.36. The highest BCUT2D eigenvalue weighted by Crippen LogP contribution is 2.14. The number of halogens is 1. The zero-order valence-electron chi connectivity index (χ0n) is 14.6. The summed E-state index contributed by atoms with van der Waals surface area (Å²) in [5, 5.41) is 0. The SMILES string of the molecule is Cc1nc(N2CCN(C(=O)c3cnc4ccccc4n3)CC2)[nH]c(=O)c1F. The molecular formula is C18H17FN6O2. The van der Waals surface area contributed by atoms with Gasteiger partial charge < -0.3 is 9.80 Å². The number of hydrogen-bond donors (Lipinski definition) is 1. The molecule has 2 aromatic heterocycles. The Bertz CT molecular complexity index is 1070. The molecule has 1 fully saturated rings. The van der Waals surface area contributed by atoms with Crippen molar-refractivity contribution in [2.45, 2.75) is 6.92 Å². The van der Waals surface area contributed by atoms with E-state index >= 15 is 0 Å². The van der Waals surface area contributed by atoms with E-state index in [0.717, 1.165) is 5.52 Å². The van der Waals surface area contributed by atoms with Crippen LogP contribution in [-0.4, -0.2) is 56.9 Å². The van der Waals surface area contributed by atoms with Gasteiger partial charge in [-0.25, -0.2) is 9.97 Å². The minimum Gasteiger partial charge on any atom is -0.339 e. The second kappa shape index (κ2) is 6.75. The van der Waals surface area contributed by atoms with Gasteiger partial charge in [-0.15, -0.1) is 0 Å². The van der Waals surface area contributed by atoms with Crippen LogP contribution in [0.15, 0.2) is 35.3 Å². The second-order valence-corrected chi connectivity index (χ2v) is 6.31. The number of aromatic nitrogens is 4. The lowest BCUT2D eigenvalue weighted by atomic mass is 10.2. The van der Waals surface area contributed by atoms with Gasteiger partial charge in [0, 0.05) is 26.2 Å². The number of piperazine rings is 1. The van der Waals surface area contributed by atoms with Crippen molar-refractivity contribution in [3.05, 3.63) is 58.0 Å². The number of anilines is 1. The highest BCUT2D eigenvalue weighted by atomic mass is 19.1. The Morgan fingerprint density at radius 1 is 1.11 bits per heavy atom. The molecule has 3 heterocycles. The number of fused-ring (bicyclic) bond motifs is 1. The summed E-state index contributed by atoms with van der Waals surface area (Å²) >= 11 is 0. The first-order valence-corrected chi connectivity index (χ1v) is 8.55. The molecule has 4 rings (SSSR count). The van der Waals surface area contributed by atoms with E-state index in [1.807, 2.05) is 29.2 Å². The quantitative estimate of drug-likeness (QED) is 0.728. The molecule has 1 aliphatic rings. The Morgan fingerprint density at radius 2 is 1.81 bits per heavy atom. The molecule has 1 aromatic carbocycles. The van der Waals surface area contributed by atoms with Crippen LogP contribution in [0.25, 0.3) is 11.0 Å². The minimum atomic E-state index is -0.873. The van der Waals surface area contributed by atoms with Crippen molar-refractivity contribution in [3.8, 4) is 0 Å². The summed E-state index contributed by atoms with van der Waals surface area (Å²) in [6.45, 7) is 3.27. The van der Waals surface area contributed by atoms with Crippen LogP contribution in [0.4, 0.5) is 10.3 Å². The van der Waals surface area contributed by atoms with Crippen LogP contribution in [0.2, 0.25) is 0 Å². The van der Waals surface area contributed by atoms with Crippen LogP contribution >= 0.6 is 0 Å². The fourth-order valence-corrected chi connectivity index (χ4v) is 3.05. The van der Waals surface area contributed by atoms with E-state index in [1.165, 1.54) is 13.1 Å². The van der Waals surface area contributed by atoms with E-state index in [2.05, 4.69) is 19.9 Å². The fraction of sp³-hybridized carbons (Fsp3) is 0.278. The van der Waals surface area contributed by atoms with Gasteiger partial charge in [0.25, 0.3) is 11.5 Å². The fourth-order valence-electron chi connectivity index (χ4n) is 3.05. The number of rotatable bonds is 2. The van der Waals surface area contributed by atoms with Gasteiger partial charge in [-0.05, 0) is 19.1 Å². The molecule has 0 unspecified atom stereocenters. The molecule has 0 bridgehead atoms. The Kier molecular flexibility index (Phi) is 4.27. The van der Waals surface area contributed by atoms with Gasteiger partial charge in [-0.1, -0.05) is 12.1 Å². The first-order chi connectivity index (χ1) is 13.0. The molecule has 0 spiro atoms. The molecular weight excluding hydrogens is 351 g/mol. The monoisotopic (exact) mass is 368 g/mol. The first-order valence-electron chi connectivity index (χ1n) is 8.55. The van der Waals surface area contributed by atoms with Crippen molar-refractivity contribution in [1.82, 2.24) is 24.8 Å². The van der Waals surface area contributed by atoms with Gasteiger partial charge in [0.05, 0.1) is 22.9 Å². The molecule has 8 nitrogen and oxygen atoms in total. The van der Waals surface area contributed by atoms with Gasteiger partial charge >= 0.3 is 0 Å². The number of aryl methyl sites for hydroxylation is 1. The summed E-state index contributed by atoms with van der Waals surface area (Å²) in [6.07, 6.45) is 1.49. The zero-order chi connectivity index (χ0) is 19.0. The number of nitrogens with zero attached hydrogens (tertiary/aromatic N) is 5. The summed E-state index contributed by atoms with van der Waals surface area (Å²) in [6, 6.07) is 7.37. The van der Waals surface area contributed by atoms with E-state index < -0.39 is 11.4 Å². The summed E-state index contributed by atoms with van der Waals surface area (Å²) in [7, 11) is 0. The number of nitrogens with one attached hydrogen (secondary N) is 1. The molecule has 1 amide bonds. The number of carbonyl (C=O) groups excluding carboxylic acids is 1. The molecule has 0 atom stereocenters. The number of benzene rings is 1. The van der Waals surface area contributed by atoms with Gasteiger partial charge in [0.1, 0.15) is 5.69 Å². The molecule has 1 aliphatic heterocycles. The summed E-state index contributed by atoms with van der Waals surface area (Å²) in [5.41, 5.74) is 0.971. The highest BCUT2D eigenvalue weighted by Gasteiger charge is 2.25. The lowest BCUT2D eigenvalue weighted by Crippen LogP contribution is -2.49. The molecule has 1 saturated heterocycles. The maximum absolute atomic E-state index is 13.5. The van der Waals surface area contributed by atoms with E-state index in [1.54, 1.807) is 4.90 Å². The maximum Gasteiger partial charge on any atom is 0.288 e. The number of para-hydroxylation sites is 2. The van der Waals surface area contributed by atoms with Crippen molar-refractivity contribution in [2.75, 3.05) is 31.1 Å². The molecule has 0 aliphatic carbocycles. The van der Waals surface area contributed by atoms with E-state index in [4.69, 9.17) is 0 Å². The van der Waals surface area contributed by atoms with Crippen molar-refractivity contribution >= 4 is 22.9 Å². The van der Waals surface area contributed by atoms with Gasteiger partial charge in [0.2, 0.25) is 11.8 Å². The van der Waals surface area contributed by atoms with E-state index in [9.17, 15) is 14.0 Å². The van der Waals surface area contributed by atoms with Crippen LogP contribution in [-0.2, 0) is 0 Å². The van der Waals surface area contributed by atoms with E-state index in [-0.39, 0.29) is 11.6 Å². The average molecular weight is 368 g/mol. The Labute approximate surface area is 153 Å². The van der Waals surface area contributed by atoms with Crippen molar-refractivity contribution < 1.29 is 9.18 Å². The molecule has 1 N–H and O–H groups in total. The second-order valence-electron chi connectivity index (χ2n) is 6.31. The molecule has 138 valence electrons. The Balaban J connectivity index is 1.48.